The number of allylic oxidation sites excluding steroid dienone is 4. The Kier molecular flexibility index (Phi) is 1.74. The molecule has 1 unspecified atom stereocenters. The number of halogens is 1. The molecule has 0 aliphatic heterocycles. The minimum atomic E-state index is 0.111. The van der Waals surface area contributed by atoms with Crippen LogP contribution in [0.25, 0.3) is 0 Å². The summed E-state index contributed by atoms with van der Waals surface area (Å²) >= 11 is 5.73. The molecule has 0 aromatic heterocycles. The molecule has 0 nitrogen and oxygen atoms in total. The van der Waals surface area contributed by atoms with Gasteiger partial charge in [0.05, 0.1) is 5.38 Å². The van der Waals surface area contributed by atoms with Gasteiger partial charge in [-0.2, -0.15) is 0 Å². The predicted molar refractivity (Wildman–Crippen MR) is 36.8 cm³/mol. The maximum absolute atomic E-state index is 5.73. The van der Waals surface area contributed by atoms with Crippen molar-refractivity contribution in [2.45, 2.75) is 12.3 Å². The van der Waals surface area contributed by atoms with Gasteiger partial charge < -0.3 is 0 Å². The third-order valence-corrected chi connectivity index (χ3v) is 1.35. The molecule has 0 heterocycles. The lowest BCUT2D eigenvalue weighted by atomic mass is 10.1. The first kappa shape index (κ1) is 5.90. The number of rotatable bonds is 0. The first-order chi connectivity index (χ1) is 3.79. The summed E-state index contributed by atoms with van der Waals surface area (Å²) in [5.41, 5.74) is 1.24. The van der Waals surface area contributed by atoms with Gasteiger partial charge in [0.2, 0.25) is 0 Å². The Balaban J connectivity index is 2.63. The van der Waals surface area contributed by atoms with Gasteiger partial charge in [-0.3, -0.25) is 0 Å². The summed E-state index contributed by atoms with van der Waals surface area (Å²) in [5.74, 6) is 0. The lowest BCUT2D eigenvalue weighted by molar-refractivity contribution is 1.22. The van der Waals surface area contributed by atoms with Crippen molar-refractivity contribution >= 4 is 11.6 Å². The molecule has 0 amide bonds. The summed E-state index contributed by atoms with van der Waals surface area (Å²) in [7, 11) is 0. The van der Waals surface area contributed by atoms with Gasteiger partial charge in [-0.05, 0) is 6.92 Å². The quantitative estimate of drug-likeness (QED) is 0.438. The molecule has 0 bridgehead atoms. The van der Waals surface area contributed by atoms with E-state index in [0.29, 0.717) is 0 Å². The van der Waals surface area contributed by atoms with Gasteiger partial charge in [0.15, 0.2) is 0 Å². The molecule has 0 fully saturated rings. The zero-order chi connectivity index (χ0) is 5.98. The molecule has 1 radical (unpaired) electrons. The van der Waals surface area contributed by atoms with Crippen molar-refractivity contribution in [3.8, 4) is 0 Å². The molecule has 43 valence electrons. The van der Waals surface area contributed by atoms with Crippen molar-refractivity contribution in [2.24, 2.45) is 0 Å². The molecule has 1 aliphatic rings. The third kappa shape index (κ3) is 1.38. The first-order valence-electron chi connectivity index (χ1n) is 2.63. The number of alkyl halides is 1. The molecule has 0 aromatic rings. The molecule has 1 atom stereocenters. The van der Waals surface area contributed by atoms with E-state index in [1.807, 2.05) is 31.6 Å². The van der Waals surface area contributed by atoms with Gasteiger partial charge in [0, 0.05) is 6.42 Å². The standard InChI is InChI=1S/C7H8Cl/c1-6-3-2-4-7(8)5-6/h2-5,7H,1H3. The molecule has 1 rings (SSSR count). The van der Waals surface area contributed by atoms with Crippen LogP contribution in [0, 0.1) is 6.42 Å². The summed E-state index contributed by atoms with van der Waals surface area (Å²) in [6, 6.07) is 0. The summed E-state index contributed by atoms with van der Waals surface area (Å²) in [5, 5.41) is 0.111. The second-order valence-electron chi connectivity index (χ2n) is 1.91. The van der Waals surface area contributed by atoms with E-state index in [1.165, 1.54) is 5.57 Å². The second kappa shape index (κ2) is 2.36. The Morgan fingerprint density at radius 3 is 2.75 bits per heavy atom. The van der Waals surface area contributed by atoms with Gasteiger partial charge in [-0.15, -0.1) is 11.6 Å². The number of hydrogen-bond donors (Lipinski definition) is 0. The van der Waals surface area contributed by atoms with E-state index in [-0.39, 0.29) is 5.38 Å². The predicted octanol–water partition coefficient (Wildman–Crippen LogP) is 2.31. The molecule has 8 heavy (non-hydrogen) atoms. The van der Waals surface area contributed by atoms with Crippen LogP contribution in [0.15, 0.2) is 23.8 Å². The second-order valence-corrected chi connectivity index (χ2v) is 2.41. The van der Waals surface area contributed by atoms with Crippen LogP contribution in [0.4, 0.5) is 0 Å². The van der Waals surface area contributed by atoms with Crippen molar-refractivity contribution in [3.05, 3.63) is 30.2 Å². The van der Waals surface area contributed by atoms with Gasteiger partial charge in [-0.1, -0.05) is 23.8 Å². The smallest absolute Gasteiger partial charge is 0.0590 e. The van der Waals surface area contributed by atoms with Gasteiger partial charge in [-0.25, -0.2) is 0 Å². The molecule has 0 saturated carbocycles. The van der Waals surface area contributed by atoms with Crippen molar-refractivity contribution < 1.29 is 0 Å². The van der Waals surface area contributed by atoms with Crippen molar-refractivity contribution in [1.29, 1.82) is 0 Å². The Bertz CT molecular complexity index is 133. The normalized spacial score (nSPS) is 27.8. The number of hydrogen-bond acceptors (Lipinski definition) is 0. The fraction of sp³-hybridized carbons (Fsp3) is 0.286. The van der Waals surface area contributed by atoms with Crippen LogP contribution in [0.1, 0.15) is 6.92 Å². The molecule has 0 saturated heterocycles. The van der Waals surface area contributed by atoms with Crippen LogP contribution in [0.5, 0.6) is 0 Å². The lowest BCUT2D eigenvalue weighted by Gasteiger charge is -2.04. The van der Waals surface area contributed by atoms with Gasteiger partial charge >= 0.3 is 0 Å². The third-order valence-electron chi connectivity index (χ3n) is 1.08. The summed E-state index contributed by atoms with van der Waals surface area (Å²) in [6.45, 7) is 2.04. The maximum Gasteiger partial charge on any atom is 0.0590 e. The molecule has 0 spiro atoms. The van der Waals surface area contributed by atoms with Crippen LogP contribution in [0.2, 0.25) is 0 Å². The van der Waals surface area contributed by atoms with E-state index in [1.54, 1.807) is 0 Å². The SMILES string of the molecule is CC1=CC(Cl)[CH]C=C1. The average molecular weight is 128 g/mol. The highest BCUT2D eigenvalue weighted by molar-refractivity contribution is 6.23. The lowest BCUT2D eigenvalue weighted by Crippen LogP contribution is -1.96. The molecular formula is C7H8Cl. The summed E-state index contributed by atoms with van der Waals surface area (Å²) in [4.78, 5) is 0. The Morgan fingerprint density at radius 1 is 1.62 bits per heavy atom. The largest absolute Gasteiger partial charge is 0.118 e. The van der Waals surface area contributed by atoms with E-state index in [2.05, 4.69) is 0 Å². The molecule has 0 aromatic carbocycles. The van der Waals surface area contributed by atoms with Crippen molar-refractivity contribution in [1.82, 2.24) is 0 Å². The minimum Gasteiger partial charge on any atom is -0.118 e. The Labute approximate surface area is 54.8 Å². The van der Waals surface area contributed by atoms with Crippen LogP contribution < -0.4 is 0 Å². The fourth-order valence-corrected chi connectivity index (χ4v) is 0.958. The highest BCUT2D eigenvalue weighted by atomic mass is 35.5. The maximum atomic E-state index is 5.73. The van der Waals surface area contributed by atoms with Crippen LogP contribution in [0.3, 0.4) is 0 Å². The van der Waals surface area contributed by atoms with E-state index in [4.69, 9.17) is 11.6 Å². The van der Waals surface area contributed by atoms with E-state index >= 15 is 0 Å². The highest BCUT2D eigenvalue weighted by Gasteiger charge is 2.00. The van der Waals surface area contributed by atoms with Gasteiger partial charge in [0.25, 0.3) is 0 Å². The molecule has 1 heteroatoms. The van der Waals surface area contributed by atoms with E-state index < -0.39 is 0 Å². The van der Waals surface area contributed by atoms with Crippen LogP contribution >= 0.6 is 11.6 Å². The van der Waals surface area contributed by atoms with Crippen LogP contribution in [-0.2, 0) is 0 Å². The van der Waals surface area contributed by atoms with Crippen molar-refractivity contribution in [3.63, 3.8) is 0 Å². The Hall–Kier alpha value is -0.230. The highest BCUT2D eigenvalue weighted by Crippen LogP contribution is 2.13. The molecular weight excluding hydrogens is 120 g/mol. The summed E-state index contributed by atoms with van der Waals surface area (Å²) < 4.78 is 0. The fourth-order valence-electron chi connectivity index (χ4n) is 0.676. The zero-order valence-corrected chi connectivity index (χ0v) is 5.52. The van der Waals surface area contributed by atoms with Gasteiger partial charge in [0.1, 0.15) is 0 Å². The topological polar surface area (TPSA) is 0 Å². The van der Waals surface area contributed by atoms with E-state index in [9.17, 15) is 0 Å². The monoisotopic (exact) mass is 127 g/mol. The van der Waals surface area contributed by atoms with Crippen molar-refractivity contribution in [2.75, 3.05) is 0 Å². The zero-order valence-electron chi connectivity index (χ0n) is 4.76. The average Bonchev–Trinajstić information content (AvgIpc) is 1.64. The Morgan fingerprint density at radius 2 is 2.38 bits per heavy atom. The molecule has 0 N–H and O–H groups in total. The molecule has 1 aliphatic carbocycles. The van der Waals surface area contributed by atoms with E-state index in [0.717, 1.165) is 0 Å². The summed E-state index contributed by atoms with van der Waals surface area (Å²) in [6.07, 6.45) is 7.99. The first-order valence-corrected chi connectivity index (χ1v) is 3.07. The minimum absolute atomic E-state index is 0.111. The van der Waals surface area contributed by atoms with Crippen LogP contribution in [-0.4, -0.2) is 5.38 Å².